The molecule has 0 aliphatic carbocycles. The average molecular weight is 387 g/mol. The first-order chi connectivity index (χ1) is 14.2. The highest BCUT2D eigenvalue weighted by molar-refractivity contribution is 5.97. The van der Waals surface area contributed by atoms with Crippen LogP contribution in [0.25, 0.3) is 27.6 Å². The normalized spacial score (nSPS) is 10.9. The summed E-state index contributed by atoms with van der Waals surface area (Å²) >= 11 is 0. The van der Waals surface area contributed by atoms with E-state index in [1.54, 1.807) is 30.9 Å². The monoisotopic (exact) mass is 387 g/mol. The molecule has 5 nitrogen and oxygen atoms in total. The number of ether oxygens (including phenoxy) is 2. The molecule has 0 bridgehead atoms. The molecule has 0 radical (unpaired) electrons. The Labute approximate surface area is 168 Å². The molecule has 0 spiro atoms. The Morgan fingerprint density at radius 1 is 0.862 bits per heavy atom. The summed E-state index contributed by atoms with van der Waals surface area (Å²) in [6.07, 6.45) is 1.82. The maximum atomic E-state index is 13.3. The number of rotatable bonds is 5. The summed E-state index contributed by atoms with van der Waals surface area (Å²) in [5.41, 5.74) is 3.02. The summed E-state index contributed by atoms with van der Waals surface area (Å²) in [6.45, 7) is -0.152. The summed E-state index contributed by atoms with van der Waals surface area (Å²) in [5.74, 6) is 1.44. The number of methoxy groups -OCH3 is 2. The number of hydrogen-bond acceptors (Lipinski definition) is 4. The third kappa shape index (κ3) is 3.37. The Morgan fingerprint density at radius 2 is 1.55 bits per heavy atom. The van der Waals surface area contributed by atoms with Gasteiger partial charge in [-0.05, 0) is 42.0 Å². The van der Waals surface area contributed by atoms with Crippen LogP contribution in [-0.2, 0) is 6.61 Å². The molecule has 0 aliphatic rings. The summed E-state index contributed by atoms with van der Waals surface area (Å²) in [4.78, 5) is 13.3. The topological polar surface area (TPSA) is 60.7 Å². The Bertz CT molecular complexity index is 1230. The van der Waals surface area contributed by atoms with E-state index in [2.05, 4.69) is 0 Å². The van der Waals surface area contributed by atoms with Crippen LogP contribution in [0.3, 0.4) is 0 Å². The van der Waals surface area contributed by atoms with Gasteiger partial charge in [-0.1, -0.05) is 30.3 Å². The number of fused-ring (bicyclic) bond motifs is 1. The second-order valence-corrected chi connectivity index (χ2v) is 6.64. The van der Waals surface area contributed by atoms with Gasteiger partial charge in [0, 0.05) is 28.1 Å². The van der Waals surface area contributed by atoms with Gasteiger partial charge >= 0.3 is 0 Å². The van der Waals surface area contributed by atoms with Crippen molar-refractivity contribution in [2.45, 2.75) is 6.61 Å². The molecule has 3 aromatic carbocycles. The number of pyridine rings is 1. The molecule has 0 fully saturated rings. The lowest BCUT2D eigenvalue weighted by Gasteiger charge is -2.16. The van der Waals surface area contributed by atoms with Crippen molar-refractivity contribution in [3.8, 4) is 28.3 Å². The van der Waals surface area contributed by atoms with Crippen LogP contribution in [0.5, 0.6) is 11.5 Å². The minimum atomic E-state index is -0.152. The largest absolute Gasteiger partial charge is 0.497 e. The quantitative estimate of drug-likeness (QED) is 0.558. The van der Waals surface area contributed by atoms with Crippen molar-refractivity contribution in [2.24, 2.45) is 0 Å². The van der Waals surface area contributed by atoms with Gasteiger partial charge in [-0.2, -0.15) is 0 Å². The maximum Gasteiger partial charge on any atom is 0.263 e. The van der Waals surface area contributed by atoms with Gasteiger partial charge in [0.05, 0.1) is 26.5 Å². The predicted octanol–water partition coefficient (Wildman–Crippen LogP) is 4.17. The molecule has 29 heavy (non-hydrogen) atoms. The first kappa shape index (κ1) is 18.8. The Hall–Kier alpha value is -3.57. The molecule has 0 aliphatic heterocycles. The highest BCUT2D eigenvalue weighted by Gasteiger charge is 2.14. The minimum Gasteiger partial charge on any atom is -0.497 e. The second-order valence-electron chi connectivity index (χ2n) is 6.64. The molecule has 1 heterocycles. The van der Waals surface area contributed by atoms with Gasteiger partial charge in [0.25, 0.3) is 5.56 Å². The number of aromatic nitrogens is 1. The van der Waals surface area contributed by atoms with Gasteiger partial charge in [-0.25, -0.2) is 0 Å². The standard InChI is InChI=1S/C24H21NO4/c1-28-18-9-7-16(8-10-18)22-14-25(23-6-4-3-5-17(23)15-26)24(27)20-12-11-19(29-2)13-21(20)22/h3-14,26H,15H2,1-2H3. The molecule has 1 N–H and O–H groups in total. The summed E-state index contributed by atoms with van der Waals surface area (Å²) in [5, 5.41) is 11.1. The fourth-order valence-electron chi connectivity index (χ4n) is 3.51. The molecular formula is C24H21NO4. The Kier molecular flexibility index (Phi) is 5.06. The van der Waals surface area contributed by atoms with Gasteiger partial charge in [-0.3, -0.25) is 9.36 Å². The van der Waals surface area contributed by atoms with Crippen LogP contribution in [-0.4, -0.2) is 23.9 Å². The van der Waals surface area contributed by atoms with Crippen LogP contribution in [0.1, 0.15) is 5.56 Å². The Balaban J connectivity index is 2.06. The fourth-order valence-corrected chi connectivity index (χ4v) is 3.51. The molecule has 0 saturated heterocycles. The lowest BCUT2D eigenvalue weighted by molar-refractivity contribution is 0.281. The number of aliphatic hydroxyl groups excluding tert-OH is 1. The lowest BCUT2D eigenvalue weighted by Crippen LogP contribution is -2.19. The zero-order valence-corrected chi connectivity index (χ0v) is 16.3. The molecule has 5 heteroatoms. The highest BCUT2D eigenvalue weighted by Crippen LogP contribution is 2.31. The highest BCUT2D eigenvalue weighted by atomic mass is 16.5. The molecular weight excluding hydrogens is 366 g/mol. The average Bonchev–Trinajstić information content (AvgIpc) is 2.79. The van der Waals surface area contributed by atoms with E-state index in [0.29, 0.717) is 22.4 Å². The summed E-state index contributed by atoms with van der Waals surface area (Å²) < 4.78 is 12.2. The van der Waals surface area contributed by atoms with Crippen LogP contribution in [0.4, 0.5) is 0 Å². The van der Waals surface area contributed by atoms with E-state index in [1.165, 1.54) is 0 Å². The van der Waals surface area contributed by atoms with Crippen molar-refractivity contribution in [3.05, 3.63) is 88.8 Å². The second kappa shape index (κ2) is 7.81. The van der Waals surface area contributed by atoms with E-state index in [9.17, 15) is 9.90 Å². The van der Waals surface area contributed by atoms with E-state index < -0.39 is 0 Å². The van der Waals surface area contributed by atoms with E-state index in [-0.39, 0.29) is 12.2 Å². The summed E-state index contributed by atoms with van der Waals surface area (Å²) in [6, 6.07) is 20.5. The van der Waals surface area contributed by atoms with E-state index >= 15 is 0 Å². The fraction of sp³-hybridized carbons (Fsp3) is 0.125. The number of aliphatic hydroxyl groups is 1. The van der Waals surface area contributed by atoms with Gasteiger partial charge in [0.15, 0.2) is 0 Å². The minimum absolute atomic E-state index is 0.152. The number of hydrogen-bond donors (Lipinski definition) is 1. The molecule has 0 amide bonds. The van der Waals surface area contributed by atoms with Gasteiger partial charge in [0.2, 0.25) is 0 Å². The predicted molar refractivity (Wildman–Crippen MR) is 114 cm³/mol. The molecule has 4 aromatic rings. The van der Waals surface area contributed by atoms with Crippen molar-refractivity contribution in [1.29, 1.82) is 0 Å². The molecule has 0 atom stereocenters. The summed E-state index contributed by atoms with van der Waals surface area (Å²) in [7, 11) is 3.23. The van der Waals surface area contributed by atoms with E-state index in [0.717, 1.165) is 22.3 Å². The van der Waals surface area contributed by atoms with Crippen LogP contribution in [0.2, 0.25) is 0 Å². The smallest absolute Gasteiger partial charge is 0.263 e. The molecule has 0 unspecified atom stereocenters. The molecule has 146 valence electrons. The van der Waals surface area contributed by atoms with Crippen molar-refractivity contribution in [2.75, 3.05) is 14.2 Å². The lowest BCUT2D eigenvalue weighted by atomic mass is 9.99. The zero-order valence-electron chi connectivity index (χ0n) is 16.3. The molecule has 1 aromatic heterocycles. The van der Waals surface area contributed by atoms with Crippen molar-refractivity contribution < 1.29 is 14.6 Å². The van der Waals surface area contributed by atoms with Crippen LogP contribution >= 0.6 is 0 Å². The van der Waals surface area contributed by atoms with Crippen molar-refractivity contribution >= 4 is 10.8 Å². The van der Waals surface area contributed by atoms with Crippen molar-refractivity contribution in [1.82, 2.24) is 4.57 Å². The SMILES string of the molecule is COc1ccc(-c2cn(-c3ccccc3CO)c(=O)c3ccc(OC)cc23)cc1. The number of nitrogens with zero attached hydrogens (tertiary/aromatic N) is 1. The number of para-hydroxylation sites is 1. The van der Waals surface area contributed by atoms with Crippen LogP contribution in [0, 0.1) is 0 Å². The van der Waals surface area contributed by atoms with Gasteiger partial charge in [0.1, 0.15) is 11.5 Å². The van der Waals surface area contributed by atoms with Crippen LogP contribution in [0.15, 0.2) is 77.7 Å². The zero-order chi connectivity index (χ0) is 20.4. The molecule has 0 saturated carbocycles. The molecule has 4 rings (SSSR count). The van der Waals surface area contributed by atoms with Crippen molar-refractivity contribution in [3.63, 3.8) is 0 Å². The van der Waals surface area contributed by atoms with Gasteiger partial charge < -0.3 is 14.6 Å². The van der Waals surface area contributed by atoms with Gasteiger partial charge in [-0.15, -0.1) is 0 Å². The number of benzene rings is 3. The first-order valence-corrected chi connectivity index (χ1v) is 9.23. The maximum absolute atomic E-state index is 13.3. The third-order valence-electron chi connectivity index (χ3n) is 5.05. The van der Waals surface area contributed by atoms with Crippen LogP contribution < -0.4 is 15.0 Å². The first-order valence-electron chi connectivity index (χ1n) is 9.23. The van der Waals surface area contributed by atoms with E-state index in [4.69, 9.17) is 9.47 Å². The Morgan fingerprint density at radius 3 is 2.24 bits per heavy atom. The van der Waals surface area contributed by atoms with E-state index in [1.807, 2.05) is 60.8 Å². The third-order valence-corrected chi connectivity index (χ3v) is 5.05.